The number of aliphatic hydroxyl groups excluding tert-OH is 1. The molecule has 2 saturated heterocycles. The summed E-state index contributed by atoms with van der Waals surface area (Å²) in [6.45, 7) is 5.73. The molecule has 9 heteroatoms. The van der Waals surface area contributed by atoms with Gasteiger partial charge in [-0.2, -0.15) is 4.68 Å². The van der Waals surface area contributed by atoms with E-state index in [1.807, 2.05) is 30.0 Å². The van der Waals surface area contributed by atoms with E-state index in [1.54, 1.807) is 6.20 Å². The van der Waals surface area contributed by atoms with Crippen molar-refractivity contribution in [2.45, 2.75) is 39.0 Å². The van der Waals surface area contributed by atoms with Crippen molar-refractivity contribution in [3.8, 4) is 5.82 Å². The zero-order valence-corrected chi connectivity index (χ0v) is 17.4. The number of hydrogen-bond acceptors (Lipinski definition) is 7. The molecule has 2 aliphatic rings. The Morgan fingerprint density at radius 2 is 1.83 bits per heavy atom. The number of aromatic nitrogens is 5. The van der Waals surface area contributed by atoms with Crippen LogP contribution in [0.15, 0.2) is 36.4 Å². The van der Waals surface area contributed by atoms with E-state index in [0.717, 1.165) is 63.1 Å². The van der Waals surface area contributed by atoms with Gasteiger partial charge in [0.25, 0.3) is 0 Å². The number of carbonyl (C=O) groups is 1. The van der Waals surface area contributed by atoms with Gasteiger partial charge in [-0.05, 0) is 60.1 Å². The summed E-state index contributed by atoms with van der Waals surface area (Å²) >= 11 is 0. The number of amides is 1. The van der Waals surface area contributed by atoms with Crippen LogP contribution in [0.3, 0.4) is 0 Å². The Bertz CT molecular complexity index is 861. The predicted molar refractivity (Wildman–Crippen MR) is 111 cm³/mol. The predicted octanol–water partition coefficient (Wildman–Crippen LogP) is 1.20. The first-order chi connectivity index (χ1) is 14.6. The summed E-state index contributed by atoms with van der Waals surface area (Å²) in [7, 11) is 0. The number of piperidine rings is 2. The molecule has 1 spiro atoms. The van der Waals surface area contributed by atoms with Crippen LogP contribution in [0.4, 0.5) is 0 Å². The van der Waals surface area contributed by atoms with Crippen molar-refractivity contribution in [3.05, 3.63) is 42.0 Å². The van der Waals surface area contributed by atoms with E-state index in [9.17, 15) is 9.90 Å². The van der Waals surface area contributed by atoms with Gasteiger partial charge in [-0.1, -0.05) is 12.1 Å². The lowest BCUT2D eigenvalue weighted by molar-refractivity contribution is -0.133. The molecule has 2 aliphatic heterocycles. The standard InChI is InChI=1S/C21H29N7O2/c1-2-18(15-29)26-9-5-21(6-10-26)7-11-27(12-8-21)20(30)13-17-3-4-19(22-14-17)28-16-23-24-25-28/h2-4,14,16,29H,5-13,15H2,1H3/b18-2+. The smallest absolute Gasteiger partial charge is 0.227 e. The number of rotatable bonds is 5. The summed E-state index contributed by atoms with van der Waals surface area (Å²) in [4.78, 5) is 21.4. The molecular formula is C21H29N7O2. The molecule has 9 nitrogen and oxygen atoms in total. The first-order valence-corrected chi connectivity index (χ1v) is 10.6. The fourth-order valence-corrected chi connectivity index (χ4v) is 4.58. The average molecular weight is 412 g/mol. The maximum absolute atomic E-state index is 12.8. The van der Waals surface area contributed by atoms with Gasteiger partial charge >= 0.3 is 0 Å². The Morgan fingerprint density at radius 3 is 2.37 bits per heavy atom. The van der Waals surface area contributed by atoms with Crippen LogP contribution in [0.5, 0.6) is 0 Å². The monoisotopic (exact) mass is 411 g/mol. The van der Waals surface area contributed by atoms with Gasteiger partial charge in [0.05, 0.1) is 13.0 Å². The minimum atomic E-state index is 0.108. The van der Waals surface area contributed by atoms with Crippen molar-refractivity contribution < 1.29 is 9.90 Å². The molecule has 30 heavy (non-hydrogen) atoms. The van der Waals surface area contributed by atoms with Crippen molar-refractivity contribution in [2.75, 3.05) is 32.8 Å². The number of tetrazole rings is 1. The zero-order valence-electron chi connectivity index (χ0n) is 17.4. The van der Waals surface area contributed by atoms with Crippen LogP contribution in [0, 0.1) is 5.41 Å². The molecule has 2 aromatic heterocycles. The normalized spacial score (nSPS) is 19.3. The highest BCUT2D eigenvalue weighted by molar-refractivity contribution is 5.78. The molecule has 2 aromatic rings. The average Bonchev–Trinajstić information content (AvgIpc) is 3.32. The summed E-state index contributed by atoms with van der Waals surface area (Å²) in [6.07, 6.45) is 9.97. The maximum atomic E-state index is 12.8. The molecule has 4 rings (SSSR count). The lowest BCUT2D eigenvalue weighted by Crippen LogP contribution is -2.48. The number of allylic oxidation sites excluding steroid dienone is 1. The topological polar surface area (TPSA) is 100 Å². The van der Waals surface area contributed by atoms with Gasteiger partial charge < -0.3 is 14.9 Å². The van der Waals surface area contributed by atoms with Gasteiger partial charge in [0.1, 0.15) is 6.33 Å². The minimum absolute atomic E-state index is 0.108. The highest BCUT2D eigenvalue weighted by Gasteiger charge is 2.38. The quantitative estimate of drug-likeness (QED) is 0.789. The molecule has 0 atom stereocenters. The van der Waals surface area contributed by atoms with Crippen LogP contribution in [0.1, 0.15) is 38.2 Å². The fraction of sp³-hybridized carbons (Fsp3) is 0.571. The first-order valence-electron chi connectivity index (χ1n) is 10.6. The lowest BCUT2D eigenvalue weighted by Gasteiger charge is -2.47. The van der Waals surface area contributed by atoms with Crippen LogP contribution in [-0.4, -0.2) is 78.8 Å². The van der Waals surface area contributed by atoms with Gasteiger partial charge in [-0.25, -0.2) is 4.98 Å². The molecule has 0 bridgehead atoms. The second-order valence-electron chi connectivity index (χ2n) is 8.26. The Balaban J connectivity index is 1.28. The third kappa shape index (κ3) is 4.35. The summed E-state index contributed by atoms with van der Waals surface area (Å²) in [5, 5.41) is 20.5. The Morgan fingerprint density at radius 1 is 1.13 bits per heavy atom. The molecule has 2 fully saturated rings. The third-order valence-electron chi connectivity index (χ3n) is 6.65. The van der Waals surface area contributed by atoms with Crippen LogP contribution in [0.2, 0.25) is 0 Å². The van der Waals surface area contributed by atoms with Crippen LogP contribution in [0.25, 0.3) is 5.82 Å². The van der Waals surface area contributed by atoms with Gasteiger partial charge in [0.2, 0.25) is 5.91 Å². The van der Waals surface area contributed by atoms with Crippen molar-refractivity contribution >= 4 is 5.91 Å². The van der Waals surface area contributed by atoms with Crippen LogP contribution in [-0.2, 0) is 11.2 Å². The summed E-state index contributed by atoms with van der Waals surface area (Å²) in [5.74, 6) is 0.792. The van der Waals surface area contributed by atoms with E-state index in [-0.39, 0.29) is 12.5 Å². The van der Waals surface area contributed by atoms with Gasteiger partial charge in [0.15, 0.2) is 5.82 Å². The Kier molecular flexibility index (Phi) is 6.08. The van der Waals surface area contributed by atoms with E-state index in [0.29, 0.717) is 17.7 Å². The summed E-state index contributed by atoms with van der Waals surface area (Å²) < 4.78 is 1.49. The zero-order chi connectivity index (χ0) is 21.0. The van der Waals surface area contributed by atoms with Crippen molar-refractivity contribution in [1.29, 1.82) is 0 Å². The van der Waals surface area contributed by atoms with Crippen molar-refractivity contribution in [2.24, 2.45) is 5.41 Å². The molecule has 0 aromatic carbocycles. The first kappa shape index (κ1) is 20.5. The molecular weight excluding hydrogens is 382 g/mol. The Labute approximate surface area is 176 Å². The van der Waals surface area contributed by atoms with E-state index >= 15 is 0 Å². The van der Waals surface area contributed by atoms with Crippen LogP contribution < -0.4 is 0 Å². The van der Waals surface area contributed by atoms with Gasteiger partial charge in [0, 0.05) is 38.1 Å². The molecule has 0 saturated carbocycles. The number of aliphatic hydroxyl groups is 1. The van der Waals surface area contributed by atoms with Gasteiger partial charge in [-0.3, -0.25) is 4.79 Å². The minimum Gasteiger partial charge on any atom is -0.390 e. The second-order valence-corrected chi connectivity index (χ2v) is 8.26. The molecule has 0 unspecified atom stereocenters. The second kappa shape index (κ2) is 8.91. The van der Waals surface area contributed by atoms with E-state index in [2.05, 4.69) is 25.4 Å². The van der Waals surface area contributed by atoms with E-state index < -0.39 is 0 Å². The molecule has 0 aliphatic carbocycles. The fourth-order valence-electron chi connectivity index (χ4n) is 4.58. The number of nitrogens with zero attached hydrogens (tertiary/aromatic N) is 7. The highest BCUT2D eigenvalue weighted by atomic mass is 16.3. The third-order valence-corrected chi connectivity index (χ3v) is 6.65. The largest absolute Gasteiger partial charge is 0.390 e. The highest BCUT2D eigenvalue weighted by Crippen LogP contribution is 2.42. The van der Waals surface area contributed by atoms with Crippen LogP contribution >= 0.6 is 0 Å². The maximum Gasteiger partial charge on any atom is 0.227 e. The summed E-state index contributed by atoms with van der Waals surface area (Å²) in [6, 6.07) is 3.73. The number of hydrogen-bond donors (Lipinski definition) is 1. The molecule has 4 heterocycles. The Hall–Kier alpha value is -2.81. The number of pyridine rings is 1. The van der Waals surface area contributed by atoms with Crippen molar-refractivity contribution in [3.63, 3.8) is 0 Å². The van der Waals surface area contributed by atoms with Crippen molar-refractivity contribution in [1.82, 2.24) is 35.0 Å². The van der Waals surface area contributed by atoms with E-state index in [4.69, 9.17) is 0 Å². The van der Waals surface area contributed by atoms with Gasteiger partial charge in [-0.15, -0.1) is 5.10 Å². The molecule has 0 radical (unpaired) electrons. The SMILES string of the molecule is C/C=C(\CO)N1CCC2(CCN(C(=O)Cc3ccc(-n4cnnn4)nc3)CC2)CC1. The summed E-state index contributed by atoms with van der Waals surface area (Å²) in [5.41, 5.74) is 2.27. The molecule has 1 N–H and O–H groups in total. The lowest BCUT2D eigenvalue weighted by atomic mass is 9.71. The molecule has 1 amide bonds. The molecule has 160 valence electrons. The van der Waals surface area contributed by atoms with E-state index in [1.165, 1.54) is 11.0 Å². The number of likely N-dealkylation sites (tertiary alicyclic amines) is 2. The number of carbonyl (C=O) groups excluding carboxylic acids is 1.